The highest BCUT2D eigenvalue weighted by Gasteiger charge is 2.43. The molecular weight excluding hydrogens is 261 g/mol. The number of nitrogens with one attached hydrogen (secondary N) is 1. The standard InChI is InChI=1S/C14H18FN3O2/c1-16-13-12(15)9(4-5-17-13)14(20)18-6-8-2-3-11(19)10(8)7-18/h4-5,8,10-11,19H,2-3,6-7H2,1H3,(H,16,17). The van der Waals surface area contributed by atoms with Crippen molar-refractivity contribution < 1.29 is 14.3 Å². The molecule has 0 bridgehead atoms. The molecule has 0 aromatic carbocycles. The molecule has 20 heavy (non-hydrogen) atoms. The molecule has 1 aromatic heterocycles. The second-order valence-electron chi connectivity index (χ2n) is 5.55. The van der Waals surface area contributed by atoms with Crippen LogP contribution < -0.4 is 5.32 Å². The number of hydrogen-bond acceptors (Lipinski definition) is 4. The number of aromatic nitrogens is 1. The number of amides is 1. The maximum Gasteiger partial charge on any atom is 0.257 e. The van der Waals surface area contributed by atoms with Gasteiger partial charge >= 0.3 is 0 Å². The van der Waals surface area contributed by atoms with Crippen molar-refractivity contribution >= 4 is 11.7 Å². The minimum Gasteiger partial charge on any atom is -0.393 e. The highest BCUT2D eigenvalue weighted by atomic mass is 19.1. The summed E-state index contributed by atoms with van der Waals surface area (Å²) < 4.78 is 14.1. The summed E-state index contributed by atoms with van der Waals surface area (Å²) >= 11 is 0. The van der Waals surface area contributed by atoms with Gasteiger partial charge in [0.15, 0.2) is 11.6 Å². The summed E-state index contributed by atoms with van der Waals surface area (Å²) in [5.41, 5.74) is 0.0406. The summed E-state index contributed by atoms with van der Waals surface area (Å²) in [6, 6.07) is 1.41. The lowest BCUT2D eigenvalue weighted by molar-refractivity contribution is 0.0748. The van der Waals surface area contributed by atoms with Crippen LogP contribution in [0.25, 0.3) is 0 Å². The zero-order chi connectivity index (χ0) is 14.3. The first-order chi connectivity index (χ1) is 9.61. The lowest BCUT2D eigenvalue weighted by Gasteiger charge is -2.19. The largest absolute Gasteiger partial charge is 0.393 e. The molecule has 2 aliphatic rings. The van der Waals surface area contributed by atoms with Gasteiger partial charge in [-0.25, -0.2) is 9.37 Å². The van der Waals surface area contributed by atoms with Crippen LogP contribution in [0.2, 0.25) is 0 Å². The van der Waals surface area contributed by atoms with Gasteiger partial charge in [-0.05, 0) is 24.8 Å². The first-order valence-corrected chi connectivity index (χ1v) is 6.91. The van der Waals surface area contributed by atoms with Crippen molar-refractivity contribution in [2.24, 2.45) is 11.8 Å². The second-order valence-corrected chi connectivity index (χ2v) is 5.55. The summed E-state index contributed by atoms with van der Waals surface area (Å²) in [4.78, 5) is 17.9. The number of anilines is 1. The van der Waals surface area contributed by atoms with E-state index in [1.807, 2.05) is 0 Å². The number of aliphatic hydroxyl groups is 1. The van der Waals surface area contributed by atoms with Gasteiger partial charge in [-0.3, -0.25) is 4.79 Å². The number of carbonyl (C=O) groups is 1. The monoisotopic (exact) mass is 279 g/mol. The third-order valence-electron chi connectivity index (χ3n) is 4.46. The number of carbonyl (C=O) groups excluding carboxylic acids is 1. The van der Waals surface area contributed by atoms with Crippen molar-refractivity contribution in [3.05, 3.63) is 23.6 Å². The van der Waals surface area contributed by atoms with Crippen LogP contribution in [-0.2, 0) is 0 Å². The van der Waals surface area contributed by atoms with Crippen LogP contribution in [-0.4, -0.2) is 47.1 Å². The van der Waals surface area contributed by atoms with Crippen LogP contribution in [0.1, 0.15) is 23.2 Å². The Bertz CT molecular complexity index is 537. The average Bonchev–Trinajstić information content (AvgIpc) is 3.01. The quantitative estimate of drug-likeness (QED) is 0.851. The number of halogens is 1. The molecule has 3 atom stereocenters. The van der Waals surface area contributed by atoms with Gasteiger partial charge in [0, 0.05) is 32.3 Å². The minimum absolute atomic E-state index is 0.0406. The Morgan fingerprint density at radius 1 is 1.50 bits per heavy atom. The Kier molecular flexibility index (Phi) is 3.33. The van der Waals surface area contributed by atoms with Crippen molar-refractivity contribution in [1.29, 1.82) is 0 Å². The van der Waals surface area contributed by atoms with E-state index in [1.54, 1.807) is 11.9 Å². The molecule has 1 saturated carbocycles. The van der Waals surface area contributed by atoms with Crippen molar-refractivity contribution in [3.63, 3.8) is 0 Å². The van der Waals surface area contributed by atoms with Crippen molar-refractivity contribution in [2.45, 2.75) is 18.9 Å². The highest BCUT2D eigenvalue weighted by molar-refractivity contribution is 5.95. The number of hydrogen-bond donors (Lipinski definition) is 2. The molecule has 2 N–H and O–H groups in total. The van der Waals surface area contributed by atoms with E-state index in [0.717, 1.165) is 12.8 Å². The highest BCUT2D eigenvalue weighted by Crippen LogP contribution is 2.38. The third kappa shape index (κ3) is 2.04. The molecule has 3 rings (SSSR count). The lowest BCUT2D eigenvalue weighted by Crippen LogP contribution is -2.31. The molecule has 5 nitrogen and oxygen atoms in total. The molecule has 0 spiro atoms. The van der Waals surface area contributed by atoms with E-state index >= 15 is 0 Å². The van der Waals surface area contributed by atoms with Crippen LogP contribution >= 0.6 is 0 Å². The number of aliphatic hydroxyl groups excluding tert-OH is 1. The molecule has 3 unspecified atom stereocenters. The van der Waals surface area contributed by atoms with E-state index < -0.39 is 5.82 Å². The maximum absolute atomic E-state index is 14.1. The fourth-order valence-electron chi connectivity index (χ4n) is 3.36. The van der Waals surface area contributed by atoms with E-state index in [9.17, 15) is 14.3 Å². The smallest absolute Gasteiger partial charge is 0.257 e. The second kappa shape index (κ2) is 5.01. The number of fused-ring (bicyclic) bond motifs is 1. The summed E-state index contributed by atoms with van der Waals surface area (Å²) in [5.74, 6) is -0.355. The number of nitrogens with zero attached hydrogens (tertiary/aromatic N) is 2. The number of likely N-dealkylation sites (tertiary alicyclic amines) is 1. The van der Waals surface area contributed by atoms with Gasteiger partial charge in [0.1, 0.15) is 0 Å². The van der Waals surface area contributed by atoms with Gasteiger partial charge in [-0.15, -0.1) is 0 Å². The van der Waals surface area contributed by atoms with Gasteiger partial charge in [0.05, 0.1) is 11.7 Å². The first-order valence-electron chi connectivity index (χ1n) is 6.91. The van der Waals surface area contributed by atoms with Crippen LogP contribution in [0, 0.1) is 17.7 Å². The Labute approximate surface area is 116 Å². The Morgan fingerprint density at radius 2 is 2.30 bits per heavy atom. The third-order valence-corrected chi connectivity index (χ3v) is 4.46. The van der Waals surface area contributed by atoms with Crippen LogP contribution in [0.15, 0.2) is 12.3 Å². The molecule has 6 heteroatoms. The molecular formula is C14H18FN3O2. The molecule has 1 aliphatic carbocycles. The zero-order valence-corrected chi connectivity index (χ0v) is 11.3. The first kappa shape index (κ1) is 13.3. The van der Waals surface area contributed by atoms with Crippen molar-refractivity contribution in [3.8, 4) is 0 Å². The summed E-state index contributed by atoms with van der Waals surface area (Å²) in [5, 5.41) is 12.5. The summed E-state index contributed by atoms with van der Waals surface area (Å²) in [6.45, 7) is 1.12. The molecule has 2 fully saturated rings. The van der Waals surface area contributed by atoms with Gasteiger partial charge in [-0.1, -0.05) is 0 Å². The van der Waals surface area contributed by atoms with E-state index in [1.165, 1.54) is 12.3 Å². The fourth-order valence-corrected chi connectivity index (χ4v) is 3.36. The zero-order valence-electron chi connectivity index (χ0n) is 11.3. The van der Waals surface area contributed by atoms with Gasteiger partial charge in [-0.2, -0.15) is 0 Å². The Hall–Kier alpha value is -1.69. The molecule has 0 radical (unpaired) electrons. The fraction of sp³-hybridized carbons (Fsp3) is 0.571. The summed E-state index contributed by atoms with van der Waals surface area (Å²) in [6.07, 6.45) is 2.85. The predicted octanol–water partition coefficient (Wildman–Crippen LogP) is 1.11. The number of pyridine rings is 1. The Balaban J connectivity index is 1.81. The maximum atomic E-state index is 14.1. The summed E-state index contributed by atoms with van der Waals surface area (Å²) in [7, 11) is 1.57. The molecule has 1 aliphatic heterocycles. The number of rotatable bonds is 2. The molecule has 1 aromatic rings. The van der Waals surface area contributed by atoms with Crippen LogP contribution in [0.3, 0.4) is 0 Å². The van der Waals surface area contributed by atoms with Gasteiger partial charge < -0.3 is 15.3 Å². The lowest BCUT2D eigenvalue weighted by atomic mass is 10.00. The molecule has 108 valence electrons. The minimum atomic E-state index is -0.613. The normalized spacial score (nSPS) is 28.6. The molecule has 1 saturated heterocycles. The van der Waals surface area contributed by atoms with Gasteiger partial charge in [0.25, 0.3) is 5.91 Å². The molecule has 1 amide bonds. The average molecular weight is 279 g/mol. The topological polar surface area (TPSA) is 65.5 Å². The van der Waals surface area contributed by atoms with E-state index in [0.29, 0.717) is 19.0 Å². The molecule has 2 heterocycles. The Morgan fingerprint density at radius 3 is 3.00 bits per heavy atom. The van der Waals surface area contributed by atoms with Crippen LogP contribution in [0.5, 0.6) is 0 Å². The van der Waals surface area contributed by atoms with Crippen molar-refractivity contribution in [2.75, 3.05) is 25.5 Å². The van der Waals surface area contributed by atoms with E-state index in [-0.39, 0.29) is 29.3 Å². The van der Waals surface area contributed by atoms with E-state index in [4.69, 9.17) is 0 Å². The van der Waals surface area contributed by atoms with Gasteiger partial charge in [0.2, 0.25) is 0 Å². The SMILES string of the molecule is CNc1nccc(C(=O)N2CC3CCC(O)C3C2)c1F. The van der Waals surface area contributed by atoms with Crippen molar-refractivity contribution in [1.82, 2.24) is 9.88 Å². The van der Waals surface area contributed by atoms with Crippen LogP contribution in [0.4, 0.5) is 10.2 Å². The van der Waals surface area contributed by atoms with E-state index in [2.05, 4.69) is 10.3 Å². The predicted molar refractivity (Wildman–Crippen MR) is 71.9 cm³/mol.